The molecule has 1 aliphatic heterocycles. The minimum absolute atomic E-state index is 0.611. The van der Waals surface area contributed by atoms with E-state index in [1.807, 2.05) is 0 Å². The fraction of sp³-hybridized carbons (Fsp3) is 0.625. The maximum atomic E-state index is 3.56. The van der Waals surface area contributed by atoms with E-state index in [4.69, 9.17) is 0 Å². The summed E-state index contributed by atoms with van der Waals surface area (Å²) in [6.07, 6.45) is 2.59. The van der Waals surface area contributed by atoms with Crippen LogP contribution in [0.25, 0.3) is 0 Å². The van der Waals surface area contributed by atoms with Crippen molar-refractivity contribution in [3.63, 3.8) is 0 Å². The topological polar surface area (TPSA) is 15.3 Å². The van der Waals surface area contributed by atoms with E-state index in [9.17, 15) is 0 Å². The Labute approximate surface area is 110 Å². The molecular formula is C16H24N2. The standard InChI is InChI=1S/C16H24N2/c1-11(2)17-10-14-9-15(14)12-4-5-16-13(8-12)6-7-18(16)3/h4-5,8,11,14-15,17H,6-7,9-10H2,1-3H3. The molecule has 18 heavy (non-hydrogen) atoms. The zero-order chi connectivity index (χ0) is 12.7. The van der Waals surface area contributed by atoms with E-state index < -0.39 is 0 Å². The van der Waals surface area contributed by atoms with E-state index >= 15 is 0 Å². The molecule has 0 amide bonds. The van der Waals surface area contributed by atoms with Crippen LogP contribution >= 0.6 is 0 Å². The van der Waals surface area contributed by atoms with E-state index in [2.05, 4.69) is 49.3 Å². The third-order valence-electron chi connectivity index (χ3n) is 4.37. The lowest BCUT2D eigenvalue weighted by molar-refractivity contribution is 0.554. The second-order valence-electron chi connectivity index (χ2n) is 6.22. The highest BCUT2D eigenvalue weighted by molar-refractivity contribution is 5.59. The number of benzene rings is 1. The Balaban J connectivity index is 1.65. The molecular weight excluding hydrogens is 220 g/mol. The van der Waals surface area contributed by atoms with Crippen molar-refractivity contribution in [2.45, 2.75) is 38.6 Å². The summed E-state index contributed by atoms with van der Waals surface area (Å²) in [4.78, 5) is 2.36. The third kappa shape index (κ3) is 2.26. The molecule has 1 aromatic carbocycles. The van der Waals surface area contributed by atoms with E-state index in [0.717, 1.165) is 11.8 Å². The van der Waals surface area contributed by atoms with Gasteiger partial charge in [-0.05, 0) is 48.4 Å². The van der Waals surface area contributed by atoms with E-state index in [-0.39, 0.29) is 0 Å². The van der Waals surface area contributed by atoms with Gasteiger partial charge in [-0.2, -0.15) is 0 Å². The van der Waals surface area contributed by atoms with Crippen LogP contribution in [-0.4, -0.2) is 26.2 Å². The van der Waals surface area contributed by atoms with E-state index in [1.165, 1.54) is 31.6 Å². The summed E-state index contributed by atoms with van der Waals surface area (Å²) in [6.45, 7) is 6.81. The van der Waals surface area contributed by atoms with Gasteiger partial charge in [0, 0.05) is 25.3 Å². The van der Waals surface area contributed by atoms with Crippen molar-refractivity contribution in [1.29, 1.82) is 0 Å². The normalized spacial score (nSPS) is 25.7. The summed E-state index contributed by atoms with van der Waals surface area (Å²) >= 11 is 0. The van der Waals surface area contributed by atoms with Crippen LogP contribution in [0.1, 0.15) is 37.3 Å². The van der Waals surface area contributed by atoms with Crippen LogP contribution in [-0.2, 0) is 6.42 Å². The van der Waals surface area contributed by atoms with Crippen LogP contribution in [0.15, 0.2) is 18.2 Å². The van der Waals surface area contributed by atoms with Gasteiger partial charge in [0.05, 0.1) is 0 Å². The van der Waals surface area contributed by atoms with Gasteiger partial charge in [0.2, 0.25) is 0 Å². The molecule has 0 saturated heterocycles. The van der Waals surface area contributed by atoms with Crippen LogP contribution in [0.2, 0.25) is 0 Å². The van der Waals surface area contributed by atoms with Gasteiger partial charge < -0.3 is 10.2 Å². The maximum absolute atomic E-state index is 3.56. The molecule has 98 valence electrons. The molecule has 2 aliphatic rings. The molecule has 0 spiro atoms. The zero-order valence-electron chi connectivity index (χ0n) is 11.7. The SMILES string of the molecule is CC(C)NCC1CC1c1ccc2c(c1)CCN2C. The molecule has 0 bridgehead atoms. The highest BCUT2D eigenvalue weighted by atomic mass is 15.1. The summed E-state index contributed by atoms with van der Waals surface area (Å²) in [5.41, 5.74) is 4.56. The van der Waals surface area contributed by atoms with Crippen molar-refractivity contribution >= 4 is 5.69 Å². The molecule has 3 rings (SSSR count). The molecule has 1 aromatic rings. The Morgan fingerprint density at radius 2 is 2.22 bits per heavy atom. The third-order valence-corrected chi connectivity index (χ3v) is 4.37. The number of rotatable bonds is 4. The number of fused-ring (bicyclic) bond motifs is 1. The smallest absolute Gasteiger partial charge is 0.0397 e. The number of hydrogen-bond acceptors (Lipinski definition) is 2. The Hall–Kier alpha value is -1.02. The molecule has 1 N–H and O–H groups in total. The van der Waals surface area contributed by atoms with E-state index in [0.29, 0.717) is 6.04 Å². The predicted octanol–water partition coefficient (Wildman–Crippen LogP) is 2.78. The molecule has 0 aromatic heterocycles. The van der Waals surface area contributed by atoms with Crippen molar-refractivity contribution in [1.82, 2.24) is 5.32 Å². The van der Waals surface area contributed by atoms with Gasteiger partial charge in [0.1, 0.15) is 0 Å². The molecule has 1 fully saturated rings. The van der Waals surface area contributed by atoms with Gasteiger partial charge in [-0.1, -0.05) is 26.0 Å². The van der Waals surface area contributed by atoms with Gasteiger partial charge >= 0.3 is 0 Å². The molecule has 0 radical (unpaired) electrons. The Morgan fingerprint density at radius 1 is 1.39 bits per heavy atom. The van der Waals surface area contributed by atoms with Crippen LogP contribution < -0.4 is 10.2 Å². The highest BCUT2D eigenvalue weighted by Crippen LogP contribution is 2.48. The summed E-state index contributed by atoms with van der Waals surface area (Å²) in [5.74, 6) is 1.68. The second kappa shape index (κ2) is 4.58. The molecule has 1 saturated carbocycles. The second-order valence-corrected chi connectivity index (χ2v) is 6.22. The van der Waals surface area contributed by atoms with Crippen molar-refractivity contribution in [3.8, 4) is 0 Å². The fourth-order valence-corrected chi connectivity index (χ4v) is 3.09. The van der Waals surface area contributed by atoms with Crippen LogP contribution in [0.4, 0.5) is 5.69 Å². The van der Waals surface area contributed by atoms with Crippen LogP contribution in [0, 0.1) is 5.92 Å². The first-order valence-electron chi connectivity index (χ1n) is 7.22. The molecule has 2 unspecified atom stereocenters. The van der Waals surface area contributed by atoms with Gasteiger partial charge in [-0.3, -0.25) is 0 Å². The lowest BCUT2D eigenvalue weighted by Crippen LogP contribution is -2.25. The maximum Gasteiger partial charge on any atom is 0.0397 e. The number of hydrogen-bond donors (Lipinski definition) is 1. The zero-order valence-corrected chi connectivity index (χ0v) is 11.7. The molecule has 2 atom stereocenters. The van der Waals surface area contributed by atoms with Crippen molar-refractivity contribution in [2.75, 3.05) is 25.0 Å². The number of likely N-dealkylation sites (N-methyl/N-ethyl adjacent to an activating group) is 1. The number of anilines is 1. The van der Waals surface area contributed by atoms with Gasteiger partial charge in [0.15, 0.2) is 0 Å². The predicted molar refractivity (Wildman–Crippen MR) is 77.4 cm³/mol. The molecule has 1 aliphatic carbocycles. The average molecular weight is 244 g/mol. The Bertz CT molecular complexity index is 439. The number of nitrogens with zero attached hydrogens (tertiary/aromatic N) is 1. The first-order chi connectivity index (χ1) is 8.65. The highest BCUT2D eigenvalue weighted by Gasteiger charge is 2.38. The van der Waals surface area contributed by atoms with E-state index in [1.54, 1.807) is 11.1 Å². The quantitative estimate of drug-likeness (QED) is 0.876. The van der Waals surface area contributed by atoms with Gasteiger partial charge in [-0.15, -0.1) is 0 Å². The molecule has 2 heteroatoms. The minimum atomic E-state index is 0.611. The summed E-state index contributed by atoms with van der Waals surface area (Å²) in [5, 5.41) is 3.56. The van der Waals surface area contributed by atoms with Crippen LogP contribution in [0.5, 0.6) is 0 Å². The Morgan fingerprint density at radius 3 is 3.00 bits per heavy atom. The summed E-state index contributed by atoms with van der Waals surface area (Å²) in [7, 11) is 2.19. The van der Waals surface area contributed by atoms with Gasteiger partial charge in [-0.25, -0.2) is 0 Å². The largest absolute Gasteiger partial charge is 0.374 e. The number of nitrogens with one attached hydrogen (secondary N) is 1. The van der Waals surface area contributed by atoms with Crippen molar-refractivity contribution < 1.29 is 0 Å². The molecule has 2 nitrogen and oxygen atoms in total. The van der Waals surface area contributed by atoms with Gasteiger partial charge in [0.25, 0.3) is 0 Å². The monoisotopic (exact) mass is 244 g/mol. The lowest BCUT2D eigenvalue weighted by atomic mass is 10.0. The first kappa shape index (κ1) is 12.0. The summed E-state index contributed by atoms with van der Waals surface area (Å²) in [6, 6.07) is 7.74. The lowest BCUT2D eigenvalue weighted by Gasteiger charge is -2.12. The van der Waals surface area contributed by atoms with Crippen molar-refractivity contribution in [3.05, 3.63) is 29.3 Å². The average Bonchev–Trinajstić information content (AvgIpc) is 3.04. The van der Waals surface area contributed by atoms with Crippen LogP contribution in [0.3, 0.4) is 0 Å². The van der Waals surface area contributed by atoms with Crippen molar-refractivity contribution in [2.24, 2.45) is 5.92 Å². The minimum Gasteiger partial charge on any atom is -0.374 e. The first-order valence-corrected chi connectivity index (χ1v) is 7.22. The fourth-order valence-electron chi connectivity index (χ4n) is 3.09. The summed E-state index contributed by atoms with van der Waals surface area (Å²) < 4.78 is 0. The molecule has 1 heterocycles. The Kier molecular flexibility index (Phi) is 3.06.